The van der Waals surface area contributed by atoms with Crippen molar-refractivity contribution in [3.63, 3.8) is 0 Å². The second-order valence-electron chi connectivity index (χ2n) is 5.95. The van der Waals surface area contributed by atoms with Gasteiger partial charge in [-0.25, -0.2) is 0 Å². The van der Waals surface area contributed by atoms with Crippen molar-refractivity contribution in [2.24, 2.45) is 0 Å². The monoisotopic (exact) mass is 299 g/mol. The Morgan fingerprint density at radius 3 is 2.55 bits per heavy atom. The molecule has 0 aliphatic carbocycles. The Hall–Kier alpha value is -2.14. The van der Waals surface area contributed by atoms with Crippen molar-refractivity contribution in [2.75, 3.05) is 33.2 Å². The number of aromatic nitrogens is 1. The third-order valence-corrected chi connectivity index (χ3v) is 4.38. The minimum Gasteiger partial charge on any atom is -0.339 e. The first-order valence-electron chi connectivity index (χ1n) is 7.62. The number of rotatable bonds is 2. The number of amides is 1. The molecule has 0 N–H and O–H groups in total. The van der Waals surface area contributed by atoms with Crippen LogP contribution in [-0.4, -0.2) is 53.5 Å². The van der Waals surface area contributed by atoms with E-state index in [2.05, 4.69) is 11.9 Å². The number of likely N-dealkylation sites (N-methyl/N-ethyl adjacent to an activating group) is 1. The maximum atomic E-state index is 12.6. The molecular weight excluding hydrogens is 278 g/mol. The summed E-state index contributed by atoms with van der Waals surface area (Å²) >= 11 is 0. The summed E-state index contributed by atoms with van der Waals surface area (Å²) in [5.74, 6) is 0.0218. The molecule has 1 fully saturated rings. The van der Waals surface area contributed by atoms with Crippen molar-refractivity contribution in [1.29, 1.82) is 0 Å². The summed E-state index contributed by atoms with van der Waals surface area (Å²) in [5.41, 5.74) is 0.740. The average Bonchev–Trinajstić information content (AvgIpc) is 2.52. The number of fused-ring (bicyclic) bond motifs is 1. The van der Waals surface area contributed by atoms with Gasteiger partial charge in [-0.15, -0.1) is 0 Å². The van der Waals surface area contributed by atoms with Gasteiger partial charge in [0.15, 0.2) is 0 Å². The van der Waals surface area contributed by atoms with Crippen molar-refractivity contribution < 1.29 is 4.79 Å². The molecule has 1 amide bonds. The van der Waals surface area contributed by atoms with E-state index in [4.69, 9.17) is 0 Å². The van der Waals surface area contributed by atoms with E-state index in [0.29, 0.717) is 5.39 Å². The Kier molecular flexibility index (Phi) is 3.98. The summed E-state index contributed by atoms with van der Waals surface area (Å²) in [6.45, 7) is 5.24. The maximum Gasteiger partial charge on any atom is 0.259 e. The van der Waals surface area contributed by atoms with Crippen molar-refractivity contribution >= 4 is 16.7 Å². The highest BCUT2D eigenvalue weighted by Gasteiger charge is 2.20. The first-order valence-corrected chi connectivity index (χ1v) is 7.62. The third kappa shape index (κ3) is 2.76. The summed E-state index contributed by atoms with van der Waals surface area (Å²) < 4.78 is 1.59. The standard InChI is InChI=1S/C17H21N3O2/c1-13-11-14-5-3-4-6-15(14)17(22)20(13)12-16(21)19-9-7-18(2)8-10-19/h3-6,11H,7-10,12H2,1-2H3. The number of pyridine rings is 1. The van der Waals surface area contributed by atoms with E-state index in [-0.39, 0.29) is 18.0 Å². The smallest absolute Gasteiger partial charge is 0.259 e. The van der Waals surface area contributed by atoms with E-state index in [1.807, 2.05) is 42.2 Å². The fourth-order valence-electron chi connectivity index (χ4n) is 2.91. The molecule has 2 aromatic rings. The molecule has 2 heterocycles. The van der Waals surface area contributed by atoms with Gasteiger partial charge in [-0.3, -0.25) is 9.59 Å². The van der Waals surface area contributed by atoms with Gasteiger partial charge < -0.3 is 14.4 Å². The zero-order valence-electron chi connectivity index (χ0n) is 13.1. The number of aryl methyl sites for hydroxylation is 1. The molecule has 3 rings (SSSR count). The number of hydrogen-bond donors (Lipinski definition) is 0. The predicted molar refractivity (Wildman–Crippen MR) is 87.0 cm³/mol. The fraction of sp³-hybridized carbons (Fsp3) is 0.412. The van der Waals surface area contributed by atoms with E-state index in [9.17, 15) is 9.59 Å². The lowest BCUT2D eigenvalue weighted by molar-refractivity contribution is -0.133. The van der Waals surface area contributed by atoms with Crippen LogP contribution in [-0.2, 0) is 11.3 Å². The molecule has 5 nitrogen and oxygen atoms in total. The summed E-state index contributed by atoms with van der Waals surface area (Å²) in [6.07, 6.45) is 0. The number of carbonyl (C=O) groups is 1. The minimum atomic E-state index is -0.0851. The first kappa shape index (κ1) is 14.8. The van der Waals surface area contributed by atoms with E-state index < -0.39 is 0 Å². The van der Waals surface area contributed by atoms with Gasteiger partial charge in [0.1, 0.15) is 6.54 Å². The molecule has 0 atom stereocenters. The van der Waals surface area contributed by atoms with Crippen LogP contribution in [0.5, 0.6) is 0 Å². The Morgan fingerprint density at radius 2 is 1.82 bits per heavy atom. The Bertz CT molecular complexity index is 758. The van der Waals surface area contributed by atoms with Crippen LogP contribution >= 0.6 is 0 Å². The van der Waals surface area contributed by atoms with Crippen LogP contribution in [0.4, 0.5) is 0 Å². The van der Waals surface area contributed by atoms with Crippen LogP contribution in [0.1, 0.15) is 5.69 Å². The van der Waals surface area contributed by atoms with Gasteiger partial charge in [0.05, 0.1) is 0 Å². The van der Waals surface area contributed by atoms with Gasteiger partial charge in [0.2, 0.25) is 5.91 Å². The topological polar surface area (TPSA) is 45.6 Å². The summed E-state index contributed by atoms with van der Waals surface area (Å²) in [5, 5.41) is 1.59. The molecule has 0 bridgehead atoms. The van der Waals surface area contributed by atoms with Crippen LogP contribution in [0.2, 0.25) is 0 Å². The zero-order valence-corrected chi connectivity index (χ0v) is 13.1. The molecule has 5 heteroatoms. The van der Waals surface area contributed by atoms with Gasteiger partial charge >= 0.3 is 0 Å². The highest BCUT2D eigenvalue weighted by atomic mass is 16.2. The second-order valence-corrected chi connectivity index (χ2v) is 5.95. The molecule has 116 valence electrons. The molecule has 0 unspecified atom stereocenters. The Labute approximate surface area is 129 Å². The SMILES string of the molecule is Cc1cc2ccccc2c(=O)n1CC(=O)N1CCN(C)CC1. The summed E-state index contributed by atoms with van der Waals surface area (Å²) in [4.78, 5) is 29.1. The van der Waals surface area contributed by atoms with Crippen LogP contribution < -0.4 is 5.56 Å². The van der Waals surface area contributed by atoms with Crippen LogP contribution in [0.25, 0.3) is 10.8 Å². The predicted octanol–water partition coefficient (Wildman–Crippen LogP) is 1.08. The highest BCUT2D eigenvalue weighted by molar-refractivity contribution is 5.82. The van der Waals surface area contributed by atoms with Gasteiger partial charge in [-0.1, -0.05) is 18.2 Å². The number of piperazine rings is 1. The Balaban J connectivity index is 1.87. The molecule has 1 aliphatic heterocycles. The van der Waals surface area contributed by atoms with E-state index in [1.54, 1.807) is 4.57 Å². The van der Waals surface area contributed by atoms with Crippen molar-refractivity contribution in [1.82, 2.24) is 14.4 Å². The highest BCUT2D eigenvalue weighted by Crippen LogP contribution is 2.12. The molecule has 1 aromatic heterocycles. The largest absolute Gasteiger partial charge is 0.339 e. The lowest BCUT2D eigenvalue weighted by atomic mass is 10.1. The number of hydrogen-bond acceptors (Lipinski definition) is 3. The first-order chi connectivity index (χ1) is 10.6. The zero-order chi connectivity index (χ0) is 15.7. The quantitative estimate of drug-likeness (QED) is 0.834. The number of nitrogens with zero attached hydrogens (tertiary/aromatic N) is 3. The minimum absolute atomic E-state index is 0.0218. The van der Waals surface area contributed by atoms with Crippen LogP contribution in [0.3, 0.4) is 0 Å². The average molecular weight is 299 g/mol. The van der Waals surface area contributed by atoms with Gasteiger partial charge in [-0.05, 0) is 31.5 Å². The number of benzene rings is 1. The molecule has 1 aromatic carbocycles. The molecule has 0 spiro atoms. The normalized spacial score (nSPS) is 16.2. The lowest BCUT2D eigenvalue weighted by Crippen LogP contribution is -2.48. The molecular formula is C17H21N3O2. The van der Waals surface area contributed by atoms with Gasteiger partial charge in [0.25, 0.3) is 5.56 Å². The number of carbonyl (C=O) groups excluding carboxylic acids is 1. The van der Waals surface area contributed by atoms with E-state index in [1.165, 1.54) is 0 Å². The van der Waals surface area contributed by atoms with Crippen LogP contribution in [0, 0.1) is 6.92 Å². The van der Waals surface area contributed by atoms with Crippen LogP contribution in [0.15, 0.2) is 35.1 Å². The maximum absolute atomic E-state index is 12.6. The van der Waals surface area contributed by atoms with Crippen molar-refractivity contribution in [2.45, 2.75) is 13.5 Å². The van der Waals surface area contributed by atoms with Crippen molar-refractivity contribution in [3.8, 4) is 0 Å². The second kappa shape index (κ2) is 5.93. The molecule has 1 saturated heterocycles. The van der Waals surface area contributed by atoms with Gasteiger partial charge in [0, 0.05) is 37.3 Å². The molecule has 22 heavy (non-hydrogen) atoms. The van der Waals surface area contributed by atoms with E-state index in [0.717, 1.165) is 37.3 Å². The fourth-order valence-corrected chi connectivity index (χ4v) is 2.91. The Morgan fingerprint density at radius 1 is 1.14 bits per heavy atom. The third-order valence-electron chi connectivity index (χ3n) is 4.38. The summed E-state index contributed by atoms with van der Waals surface area (Å²) in [7, 11) is 2.06. The van der Waals surface area contributed by atoms with Gasteiger partial charge in [-0.2, -0.15) is 0 Å². The lowest BCUT2D eigenvalue weighted by Gasteiger charge is -2.32. The van der Waals surface area contributed by atoms with Crippen molar-refractivity contribution in [3.05, 3.63) is 46.4 Å². The molecule has 0 radical (unpaired) electrons. The summed E-state index contributed by atoms with van der Waals surface area (Å²) in [6, 6.07) is 9.48. The molecule has 1 aliphatic rings. The van der Waals surface area contributed by atoms with E-state index >= 15 is 0 Å². The molecule has 0 saturated carbocycles.